The van der Waals surface area contributed by atoms with E-state index in [4.69, 9.17) is 40.9 Å². The predicted molar refractivity (Wildman–Crippen MR) is 281 cm³/mol. The summed E-state index contributed by atoms with van der Waals surface area (Å²) in [5.41, 5.74) is 12.5. The van der Waals surface area contributed by atoms with E-state index in [9.17, 15) is 39.6 Å². The Labute approximate surface area is 443 Å². The number of nitrogens with one attached hydrogen (secondary N) is 6. The van der Waals surface area contributed by atoms with Crippen LogP contribution in [0.15, 0.2) is 49.6 Å². The summed E-state index contributed by atoms with van der Waals surface area (Å²) in [5.74, 6) is 1.03. The normalized spacial score (nSPS) is 26.4. The number of hydrogen-bond donors (Lipinski definition) is 13. The topological polar surface area (TPSA) is 355 Å². The first-order chi connectivity index (χ1) is 35.2. The zero-order valence-corrected chi connectivity index (χ0v) is 45.4. The maximum Gasteiger partial charge on any atom is 0.415 e. The first-order valence-electron chi connectivity index (χ1n) is 26.2. The lowest BCUT2D eigenvalue weighted by molar-refractivity contribution is -0.181. The molecule has 8 atom stereocenters. The average Bonchev–Trinajstić information content (AvgIpc) is 4.13. The fourth-order valence-electron chi connectivity index (χ4n) is 9.25. The standard InChI is InChI=1S/C23H42N6O6.C12H18N4O4.C11H24N2O2.C4H8O/c1-15(24)27-19-17(28-16(2)29-13-10-18(30)23(19,29)33)14-34-20(31)25-11-8-6-7-9-12-26-21(32)35-22(3,4)5;1-6(13)14-10-8-5-20-11(18)16(8)7(2)15-4-3-9(17)12(10,15)19;1-11(2,3)15-10(14)13-9-7-5-4-6-8-12;1-2-4-5-3-1/h17-19,27-28,30,33H,1-2,6-14,24H2,3-5H3,(H,25,31)(H,26,32);8-10,14,17,19H,1-5,13H2;4-9,12H2,1-3H3,(H,13,14);1-4H2/t17-,18-,19-,23-;8?,9-,10-,12-;;/m00../s1. The smallest absolute Gasteiger partial charge is 0.415 e. The van der Waals surface area contributed by atoms with Crippen molar-refractivity contribution in [2.24, 2.45) is 17.2 Å². The molecule has 0 spiro atoms. The van der Waals surface area contributed by atoms with E-state index in [1.807, 2.05) is 41.5 Å². The minimum absolute atomic E-state index is 0.0883. The van der Waals surface area contributed by atoms with Gasteiger partial charge < -0.3 is 103 Å². The number of rotatable bonds is 19. The summed E-state index contributed by atoms with van der Waals surface area (Å²) in [7, 11) is 0. The predicted octanol–water partition coefficient (Wildman–Crippen LogP) is 1.65. The number of ether oxygens (including phenoxy) is 5. The van der Waals surface area contributed by atoms with Crippen LogP contribution in [0.4, 0.5) is 19.2 Å². The highest BCUT2D eigenvalue weighted by Gasteiger charge is 2.64. The second kappa shape index (κ2) is 29.6. The van der Waals surface area contributed by atoms with Crippen molar-refractivity contribution in [1.82, 2.24) is 46.6 Å². The van der Waals surface area contributed by atoms with Crippen LogP contribution >= 0.6 is 0 Å². The van der Waals surface area contributed by atoms with Crippen LogP contribution in [0.3, 0.4) is 0 Å². The third-order valence-electron chi connectivity index (χ3n) is 12.7. The van der Waals surface area contributed by atoms with Gasteiger partial charge in [-0.1, -0.05) is 52.0 Å². The largest absolute Gasteiger partial charge is 0.447 e. The monoisotopic (exact) mass is 1070 g/mol. The molecule has 75 heavy (non-hydrogen) atoms. The minimum atomic E-state index is -1.66. The molecule has 25 heteroatoms. The summed E-state index contributed by atoms with van der Waals surface area (Å²) in [4.78, 5) is 51.2. The quantitative estimate of drug-likeness (QED) is 0.0646. The van der Waals surface area contributed by atoms with Crippen LogP contribution in [0, 0.1) is 0 Å². The highest BCUT2D eigenvalue weighted by molar-refractivity contribution is 5.73. The number of cyclic esters (lactones) is 1. The van der Waals surface area contributed by atoms with Crippen molar-refractivity contribution in [2.45, 2.75) is 178 Å². The number of aliphatic hydroxyl groups is 4. The van der Waals surface area contributed by atoms with E-state index in [0.717, 1.165) is 71.1 Å². The van der Waals surface area contributed by atoms with E-state index < -0.39 is 77.3 Å². The van der Waals surface area contributed by atoms with Crippen LogP contribution in [0.1, 0.15) is 119 Å². The maximum atomic E-state index is 12.2. The van der Waals surface area contributed by atoms with Gasteiger partial charge in [0.2, 0.25) is 0 Å². The maximum absolute atomic E-state index is 12.2. The van der Waals surface area contributed by atoms with Crippen LogP contribution < -0.4 is 49.1 Å². The van der Waals surface area contributed by atoms with Gasteiger partial charge in [0.1, 0.15) is 60.6 Å². The summed E-state index contributed by atoms with van der Waals surface area (Å²) >= 11 is 0. The van der Waals surface area contributed by atoms with Gasteiger partial charge in [0.15, 0.2) is 11.4 Å². The molecule has 6 saturated heterocycles. The Morgan fingerprint density at radius 3 is 1.64 bits per heavy atom. The van der Waals surface area contributed by atoms with Crippen molar-refractivity contribution >= 4 is 24.4 Å². The Balaban J connectivity index is 0.000000309. The third kappa shape index (κ3) is 19.5. The van der Waals surface area contributed by atoms with Crippen molar-refractivity contribution in [1.29, 1.82) is 0 Å². The summed E-state index contributed by atoms with van der Waals surface area (Å²) < 4.78 is 25.6. The van der Waals surface area contributed by atoms with Crippen molar-refractivity contribution in [3.05, 3.63) is 49.6 Å². The summed E-state index contributed by atoms with van der Waals surface area (Å²) in [6.07, 6.45) is 7.06. The van der Waals surface area contributed by atoms with Crippen molar-refractivity contribution in [3.8, 4) is 0 Å². The summed E-state index contributed by atoms with van der Waals surface area (Å²) in [6.45, 7) is 31.2. The Morgan fingerprint density at radius 1 is 0.733 bits per heavy atom. The first kappa shape index (κ1) is 63.7. The molecule has 0 aromatic rings. The molecule has 0 radical (unpaired) electrons. The number of amides is 4. The number of nitrogens with zero attached hydrogens (tertiary/aromatic N) is 3. The van der Waals surface area contributed by atoms with Gasteiger partial charge >= 0.3 is 24.4 Å². The zero-order chi connectivity index (χ0) is 56.1. The molecule has 0 aliphatic carbocycles. The van der Waals surface area contributed by atoms with Gasteiger partial charge in [-0.25, -0.2) is 19.2 Å². The van der Waals surface area contributed by atoms with Gasteiger partial charge in [-0.15, -0.1) is 0 Å². The molecule has 430 valence electrons. The van der Waals surface area contributed by atoms with Crippen LogP contribution in [0.5, 0.6) is 0 Å². The lowest BCUT2D eigenvalue weighted by atomic mass is 9.89. The number of alkyl carbamates (subject to hydrolysis) is 3. The summed E-state index contributed by atoms with van der Waals surface area (Å²) in [6, 6.07) is -2.59. The Kier molecular flexibility index (Phi) is 25.2. The molecule has 0 aromatic carbocycles. The van der Waals surface area contributed by atoms with Crippen LogP contribution in [0.2, 0.25) is 0 Å². The molecule has 0 aromatic heterocycles. The number of unbranched alkanes of at least 4 members (excludes halogenated alkanes) is 6. The van der Waals surface area contributed by atoms with Crippen LogP contribution in [-0.4, -0.2) is 184 Å². The van der Waals surface area contributed by atoms with E-state index >= 15 is 0 Å². The molecule has 6 fully saturated rings. The highest BCUT2D eigenvalue weighted by Crippen LogP contribution is 2.43. The van der Waals surface area contributed by atoms with Gasteiger partial charge in [-0.3, -0.25) is 4.90 Å². The minimum Gasteiger partial charge on any atom is -0.447 e. The van der Waals surface area contributed by atoms with E-state index in [1.54, 1.807) is 4.90 Å². The molecular formula is C50H92N12O13. The average molecular weight is 1070 g/mol. The highest BCUT2D eigenvalue weighted by atomic mass is 16.6. The molecule has 6 rings (SSSR count). The lowest BCUT2D eigenvalue weighted by Gasteiger charge is -2.52. The van der Waals surface area contributed by atoms with E-state index in [1.165, 1.54) is 22.6 Å². The number of nitrogens with two attached hydrogens (primary N) is 3. The van der Waals surface area contributed by atoms with Crippen LogP contribution in [0.25, 0.3) is 0 Å². The number of hydrogen-bond acceptors (Lipinski definition) is 21. The fourth-order valence-corrected chi connectivity index (χ4v) is 9.25. The SMILES string of the molecule is C1CCOC1.C=C(N)N[C@H]1C2COC(=O)N2C(=C)N2CC[C@H](O)[C@]12O.C=C(N)N[C@H]1[C@H](COC(=O)NCCCCCCNC(=O)OC(C)(C)C)NC(=C)N2CC[C@H](O)[C@]12O.CC(C)(C)OC(=O)NCCCCCCN. The molecule has 25 nitrogen and oxygen atoms in total. The second-order valence-electron chi connectivity index (χ2n) is 21.2. The molecular weight excluding hydrogens is 977 g/mol. The second-order valence-corrected chi connectivity index (χ2v) is 21.2. The Morgan fingerprint density at radius 2 is 1.19 bits per heavy atom. The lowest BCUT2D eigenvalue weighted by Crippen LogP contribution is -2.74. The third-order valence-corrected chi connectivity index (χ3v) is 12.7. The van der Waals surface area contributed by atoms with E-state index in [-0.39, 0.29) is 30.9 Å². The first-order valence-corrected chi connectivity index (χ1v) is 26.2. The molecule has 0 saturated carbocycles. The molecule has 0 bridgehead atoms. The van der Waals surface area contributed by atoms with Crippen molar-refractivity contribution in [3.63, 3.8) is 0 Å². The fraction of sp³-hybridized carbons (Fsp3) is 0.760. The van der Waals surface area contributed by atoms with Gasteiger partial charge in [0.25, 0.3) is 0 Å². The van der Waals surface area contributed by atoms with E-state index in [2.05, 4.69) is 58.2 Å². The van der Waals surface area contributed by atoms with Gasteiger partial charge in [-0.2, -0.15) is 0 Å². The Bertz CT molecular complexity index is 1890. The van der Waals surface area contributed by atoms with Gasteiger partial charge in [0.05, 0.1) is 23.5 Å². The van der Waals surface area contributed by atoms with E-state index in [0.29, 0.717) is 57.2 Å². The molecule has 16 N–H and O–H groups in total. The molecule has 1 unspecified atom stereocenters. The Hall–Kier alpha value is -5.60. The summed E-state index contributed by atoms with van der Waals surface area (Å²) in [5, 5.41) is 59.9. The molecule has 6 aliphatic rings. The number of carbonyl (C=O) groups excluding carboxylic acids is 4. The molecule has 4 amide bonds. The van der Waals surface area contributed by atoms with Gasteiger partial charge in [-0.05, 0) is 99.5 Å². The number of aliphatic hydroxyl groups excluding tert-OH is 2. The molecule has 6 heterocycles. The number of carbonyl (C=O) groups is 4. The van der Waals surface area contributed by atoms with Crippen molar-refractivity contribution < 1.29 is 63.3 Å². The van der Waals surface area contributed by atoms with Crippen LogP contribution in [-0.2, 0) is 23.7 Å². The van der Waals surface area contributed by atoms with Gasteiger partial charge in [0, 0.05) is 45.9 Å². The zero-order valence-electron chi connectivity index (χ0n) is 45.4. The van der Waals surface area contributed by atoms with Crippen molar-refractivity contribution in [2.75, 3.05) is 65.7 Å². The number of fused-ring (bicyclic) bond motifs is 3. The molecule has 6 aliphatic heterocycles.